The molecule has 1 N–H and O–H groups in total. The van der Waals surface area contributed by atoms with E-state index in [2.05, 4.69) is 9.97 Å². The Morgan fingerprint density at radius 2 is 1.10 bits per heavy atom. The average Bonchev–Trinajstić information content (AvgIpc) is 3.32. The second-order valence-corrected chi connectivity index (χ2v) is 7.20. The zero-order chi connectivity index (χ0) is 21.9. The van der Waals surface area contributed by atoms with Crippen molar-refractivity contribution in [3.05, 3.63) is 54.3 Å². The van der Waals surface area contributed by atoms with Gasteiger partial charge in [0.1, 0.15) is 0 Å². The van der Waals surface area contributed by atoms with Crippen LogP contribution in [0.25, 0.3) is 22.3 Å². The molecule has 0 aliphatic heterocycles. The molecule has 0 radical (unpaired) electrons. The second-order valence-electron chi connectivity index (χ2n) is 7.20. The van der Waals surface area contributed by atoms with Gasteiger partial charge in [0.2, 0.25) is 0 Å². The van der Waals surface area contributed by atoms with Gasteiger partial charge in [0.15, 0.2) is 22.3 Å². The Balaban J connectivity index is 1.73. The molecule has 0 bridgehead atoms. The van der Waals surface area contributed by atoms with Crippen LogP contribution in [0.1, 0.15) is 0 Å². The van der Waals surface area contributed by atoms with Crippen LogP contribution in [0.2, 0.25) is 0 Å². The fourth-order valence-corrected chi connectivity index (χ4v) is 3.58. The lowest BCUT2D eigenvalue weighted by Crippen LogP contribution is -2.38. The van der Waals surface area contributed by atoms with Crippen molar-refractivity contribution >= 4 is 22.3 Å². The largest absolute Gasteiger partial charge is 0.389 e. The molecular weight excluding hydrogens is 396 g/mol. The third kappa shape index (κ3) is 2.66. The van der Waals surface area contributed by atoms with E-state index in [1.807, 2.05) is 0 Å². The number of aromatic nitrogens is 8. The van der Waals surface area contributed by atoms with Crippen LogP contribution in [0.4, 0.5) is 0 Å². The summed E-state index contributed by atoms with van der Waals surface area (Å²) < 4.78 is 7.39. The van der Waals surface area contributed by atoms with Gasteiger partial charge in [-0.1, -0.05) is 0 Å². The van der Waals surface area contributed by atoms with Gasteiger partial charge in [-0.3, -0.25) is 27.9 Å². The SMILES string of the molecule is Cn1c(=O)c2c(ncn2CC(O)Cn2cnc3c2c(=O)n(C)c(=O)n3C)n(C)c1=O. The van der Waals surface area contributed by atoms with E-state index in [0.717, 1.165) is 9.13 Å². The lowest BCUT2D eigenvalue weighted by molar-refractivity contribution is 0.137. The molecule has 4 heterocycles. The van der Waals surface area contributed by atoms with Gasteiger partial charge in [-0.25, -0.2) is 19.6 Å². The molecule has 13 heteroatoms. The fraction of sp³-hybridized carbons (Fsp3) is 0.412. The van der Waals surface area contributed by atoms with E-state index in [-0.39, 0.29) is 35.4 Å². The van der Waals surface area contributed by atoms with Gasteiger partial charge in [0.05, 0.1) is 31.8 Å². The Kier molecular flexibility index (Phi) is 4.34. The standard InChI is InChI=1S/C17H20N8O5/c1-20-12-10(14(27)22(3)16(20)29)24(7-18-12)5-9(26)6-25-8-19-13-11(25)15(28)23(4)17(30)21(13)2/h7-9,26H,5-6H2,1-4H3. The lowest BCUT2D eigenvalue weighted by Gasteiger charge is -2.14. The van der Waals surface area contributed by atoms with E-state index >= 15 is 0 Å². The molecule has 0 aliphatic rings. The third-order valence-electron chi connectivity index (χ3n) is 5.25. The van der Waals surface area contributed by atoms with Crippen molar-refractivity contribution < 1.29 is 5.11 Å². The molecular formula is C17H20N8O5. The van der Waals surface area contributed by atoms with Gasteiger partial charge in [-0.15, -0.1) is 0 Å². The molecule has 0 atom stereocenters. The zero-order valence-corrected chi connectivity index (χ0v) is 16.8. The maximum atomic E-state index is 12.5. The molecule has 30 heavy (non-hydrogen) atoms. The molecule has 0 aliphatic carbocycles. The first-order valence-corrected chi connectivity index (χ1v) is 9.03. The molecule has 0 aromatic carbocycles. The van der Waals surface area contributed by atoms with Crippen molar-refractivity contribution in [2.24, 2.45) is 28.2 Å². The van der Waals surface area contributed by atoms with Gasteiger partial charge in [0, 0.05) is 28.2 Å². The molecule has 0 unspecified atom stereocenters. The summed E-state index contributed by atoms with van der Waals surface area (Å²) in [6.45, 7) is -0.00854. The molecule has 4 rings (SSSR count). The Hall–Kier alpha value is -3.74. The topological polar surface area (TPSA) is 144 Å². The summed E-state index contributed by atoms with van der Waals surface area (Å²) in [5, 5.41) is 10.6. The highest BCUT2D eigenvalue weighted by molar-refractivity contribution is 5.70. The van der Waals surface area contributed by atoms with E-state index in [4.69, 9.17) is 0 Å². The predicted octanol–water partition coefficient (Wildman–Crippen LogP) is -2.76. The predicted molar refractivity (Wildman–Crippen MR) is 106 cm³/mol. The Bertz CT molecular complexity index is 1430. The summed E-state index contributed by atoms with van der Waals surface area (Å²) in [5.41, 5.74) is -1.22. The maximum absolute atomic E-state index is 12.5. The van der Waals surface area contributed by atoms with Crippen LogP contribution in [0, 0.1) is 0 Å². The number of aryl methyl sites for hydroxylation is 2. The van der Waals surface area contributed by atoms with Crippen molar-refractivity contribution in [1.29, 1.82) is 0 Å². The normalized spacial score (nSPS) is 11.9. The maximum Gasteiger partial charge on any atom is 0.332 e. The summed E-state index contributed by atoms with van der Waals surface area (Å²) in [6.07, 6.45) is 1.75. The van der Waals surface area contributed by atoms with E-state index in [1.54, 1.807) is 0 Å². The summed E-state index contributed by atoms with van der Waals surface area (Å²) in [7, 11) is 5.76. The van der Waals surface area contributed by atoms with Crippen LogP contribution < -0.4 is 22.5 Å². The highest BCUT2D eigenvalue weighted by atomic mass is 16.3. The summed E-state index contributed by atoms with van der Waals surface area (Å²) in [6, 6.07) is 0. The number of fused-ring (bicyclic) bond motifs is 2. The van der Waals surface area contributed by atoms with E-state index in [1.165, 1.54) is 59.1 Å². The van der Waals surface area contributed by atoms with Crippen LogP contribution in [-0.4, -0.2) is 48.6 Å². The Morgan fingerprint density at radius 3 is 1.47 bits per heavy atom. The van der Waals surface area contributed by atoms with E-state index in [0.29, 0.717) is 0 Å². The van der Waals surface area contributed by atoms with Gasteiger partial charge >= 0.3 is 11.4 Å². The monoisotopic (exact) mass is 416 g/mol. The summed E-state index contributed by atoms with van der Waals surface area (Å²) in [5.74, 6) is 0. The van der Waals surface area contributed by atoms with Crippen LogP contribution >= 0.6 is 0 Å². The minimum Gasteiger partial charge on any atom is -0.389 e. The Labute approximate surface area is 167 Å². The van der Waals surface area contributed by atoms with Crippen molar-refractivity contribution in [2.75, 3.05) is 0 Å². The van der Waals surface area contributed by atoms with Gasteiger partial charge in [-0.2, -0.15) is 0 Å². The molecule has 13 nitrogen and oxygen atoms in total. The number of hydrogen-bond acceptors (Lipinski definition) is 7. The lowest BCUT2D eigenvalue weighted by atomic mass is 10.3. The quantitative estimate of drug-likeness (QED) is 0.380. The van der Waals surface area contributed by atoms with Crippen molar-refractivity contribution in [2.45, 2.75) is 19.2 Å². The first kappa shape index (κ1) is 19.6. The number of imidazole rings is 2. The highest BCUT2D eigenvalue weighted by Gasteiger charge is 2.19. The van der Waals surface area contributed by atoms with Crippen LogP contribution in [-0.2, 0) is 41.3 Å². The van der Waals surface area contributed by atoms with Gasteiger partial charge in [-0.05, 0) is 0 Å². The number of aliphatic hydroxyl groups excluding tert-OH is 1. The molecule has 0 fully saturated rings. The minimum absolute atomic E-state index is 0.00427. The first-order chi connectivity index (χ1) is 14.1. The van der Waals surface area contributed by atoms with Crippen LogP contribution in [0.15, 0.2) is 31.8 Å². The molecule has 0 saturated heterocycles. The van der Waals surface area contributed by atoms with E-state index in [9.17, 15) is 24.3 Å². The number of rotatable bonds is 4. The number of aliphatic hydroxyl groups is 1. The first-order valence-electron chi connectivity index (χ1n) is 9.03. The zero-order valence-electron chi connectivity index (χ0n) is 16.8. The fourth-order valence-electron chi connectivity index (χ4n) is 3.58. The third-order valence-corrected chi connectivity index (χ3v) is 5.25. The Morgan fingerprint density at radius 1 is 0.733 bits per heavy atom. The van der Waals surface area contributed by atoms with Crippen molar-refractivity contribution in [1.82, 2.24) is 37.4 Å². The number of nitrogens with zero attached hydrogens (tertiary/aromatic N) is 8. The van der Waals surface area contributed by atoms with Gasteiger partial charge < -0.3 is 14.2 Å². The molecule has 4 aromatic heterocycles. The molecule has 4 aromatic rings. The molecule has 0 saturated carbocycles. The highest BCUT2D eigenvalue weighted by Crippen LogP contribution is 2.10. The van der Waals surface area contributed by atoms with E-state index < -0.39 is 28.6 Å². The van der Waals surface area contributed by atoms with Crippen LogP contribution in [0.3, 0.4) is 0 Å². The second kappa shape index (κ2) is 6.66. The molecule has 0 amide bonds. The minimum atomic E-state index is -1.01. The summed E-state index contributed by atoms with van der Waals surface area (Å²) >= 11 is 0. The smallest absolute Gasteiger partial charge is 0.332 e. The molecule has 0 spiro atoms. The summed E-state index contributed by atoms with van der Waals surface area (Å²) in [4.78, 5) is 57.4. The van der Waals surface area contributed by atoms with Gasteiger partial charge in [0.25, 0.3) is 11.1 Å². The average molecular weight is 416 g/mol. The molecule has 158 valence electrons. The van der Waals surface area contributed by atoms with Crippen molar-refractivity contribution in [3.63, 3.8) is 0 Å². The number of hydrogen-bond donors (Lipinski definition) is 1. The van der Waals surface area contributed by atoms with Crippen molar-refractivity contribution in [3.8, 4) is 0 Å². The van der Waals surface area contributed by atoms with Crippen LogP contribution in [0.5, 0.6) is 0 Å².